The Balaban J connectivity index is 1.83. The van der Waals surface area contributed by atoms with Crippen molar-refractivity contribution >= 4 is 40.5 Å². The first kappa shape index (κ1) is 17.2. The zero-order valence-corrected chi connectivity index (χ0v) is 14.2. The van der Waals surface area contributed by atoms with Crippen molar-refractivity contribution in [2.45, 2.75) is 0 Å². The highest BCUT2D eigenvalue weighted by Crippen LogP contribution is 2.17. The number of halogens is 2. The second-order valence-corrected chi connectivity index (χ2v) is 5.66. The summed E-state index contributed by atoms with van der Waals surface area (Å²) in [6.07, 6.45) is 4.14. The van der Waals surface area contributed by atoms with Crippen molar-refractivity contribution in [1.82, 2.24) is 4.98 Å². The van der Waals surface area contributed by atoms with Crippen molar-refractivity contribution in [1.29, 1.82) is 0 Å². The van der Waals surface area contributed by atoms with Crippen molar-refractivity contribution in [3.63, 3.8) is 0 Å². The second kappa shape index (κ2) is 8.47. The number of aromatic nitrogens is 1. The van der Waals surface area contributed by atoms with E-state index in [0.29, 0.717) is 30.3 Å². The molecule has 0 aliphatic rings. The summed E-state index contributed by atoms with van der Waals surface area (Å²) in [5, 5.41) is 11.7. The molecule has 1 aromatic heterocycles. The standard InChI is InChI=1S/C16H14FIN2O3/c17-12-2-4-13(5-3-12)23-8-7-19-16-14(18)9-11(10-20-16)1-6-15(21)22/h1-6,9-10H,7-8H2,(H,19,20)(H,21,22)/b6-1+. The summed E-state index contributed by atoms with van der Waals surface area (Å²) in [6, 6.07) is 7.66. The van der Waals surface area contributed by atoms with Gasteiger partial charge in [-0.1, -0.05) is 0 Å². The first-order chi connectivity index (χ1) is 11.0. The van der Waals surface area contributed by atoms with E-state index in [9.17, 15) is 9.18 Å². The van der Waals surface area contributed by atoms with E-state index in [1.54, 1.807) is 18.3 Å². The van der Waals surface area contributed by atoms with Gasteiger partial charge in [0.15, 0.2) is 0 Å². The van der Waals surface area contributed by atoms with Crippen LogP contribution in [0.1, 0.15) is 5.56 Å². The van der Waals surface area contributed by atoms with Gasteiger partial charge in [0.25, 0.3) is 0 Å². The van der Waals surface area contributed by atoms with Gasteiger partial charge in [-0.15, -0.1) is 0 Å². The third kappa shape index (κ3) is 5.85. The van der Waals surface area contributed by atoms with E-state index in [1.807, 2.05) is 6.07 Å². The summed E-state index contributed by atoms with van der Waals surface area (Å²) in [5.41, 5.74) is 0.713. The van der Waals surface area contributed by atoms with E-state index in [2.05, 4.69) is 32.9 Å². The van der Waals surface area contributed by atoms with Gasteiger partial charge >= 0.3 is 5.97 Å². The van der Waals surface area contributed by atoms with Crippen LogP contribution in [0.4, 0.5) is 10.2 Å². The lowest BCUT2D eigenvalue weighted by Crippen LogP contribution is -2.13. The molecule has 0 aliphatic carbocycles. The average Bonchev–Trinajstić information content (AvgIpc) is 2.52. The Kier molecular flexibility index (Phi) is 6.33. The molecule has 5 nitrogen and oxygen atoms in total. The zero-order chi connectivity index (χ0) is 16.7. The molecule has 0 spiro atoms. The van der Waals surface area contributed by atoms with Gasteiger partial charge in [0.1, 0.15) is 24.0 Å². The Morgan fingerprint density at radius 2 is 2.13 bits per heavy atom. The van der Waals surface area contributed by atoms with Crippen molar-refractivity contribution in [2.24, 2.45) is 0 Å². The quantitative estimate of drug-likeness (QED) is 0.402. The number of benzene rings is 1. The number of carboxylic acid groups (broad SMARTS) is 1. The van der Waals surface area contributed by atoms with Gasteiger partial charge in [-0.05, 0) is 64.6 Å². The van der Waals surface area contributed by atoms with Crippen molar-refractivity contribution < 1.29 is 19.0 Å². The first-order valence-electron chi connectivity index (χ1n) is 6.73. The molecule has 0 saturated carbocycles. The molecule has 1 heterocycles. The van der Waals surface area contributed by atoms with Gasteiger partial charge in [-0.3, -0.25) is 0 Å². The summed E-state index contributed by atoms with van der Waals surface area (Å²) in [7, 11) is 0. The van der Waals surface area contributed by atoms with E-state index in [4.69, 9.17) is 9.84 Å². The number of carbonyl (C=O) groups is 1. The Hall–Kier alpha value is -2.16. The van der Waals surface area contributed by atoms with Crippen LogP contribution in [0.15, 0.2) is 42.6 Å². The van der Waals surface area contributed by atoms with Crippen molar-refractivity contribution in [3.8, 4) is 5.75 Å². The molecule has 7 heteroatoms. The Labute approximate surface area is 146 Å². The van der Waals surface area contributed by atoms with Crippen LogP contribution in [0.2, 0.25) is 0 Å². The smallest absolute Gasteiger partial charge is 0.328 e. The Bertz CT molecular complexity index is 705. The maximum absolute atomic E-state index is 12.8. The van der Waals surface area contributed by atoms with Crippen LogP contribution in [0, 0.1) is 9.39 Å². The van der Waals surface area contributed by atoms with Crippen LogP contribution in [-0.2, 0) is 4.79 Å². The van der Waals surface area contributed by atoms with Gasteiger partial charge in [-0.2, -0.15) is 0 Å². The third-order valence-electron chi connectivity index (χ3n) is 2.76. The highest BCUT2D eigenvalue weighted by atomic mass is 127. The van der Waals surface area contributed by atoms with E-state index >= 15 is 0 Å². The molecule has 0 unspecified atom stereocenters. The fourth-order valence-electron chi connectivity index (χ4n) is 1.71. The molecule has 0 atom stereocenters. The molecule has 0 bridgehead atoms. The lowest BCUT2D eigenvalue weighted by atomic mass is 10.2. The van der Waals surface area contributed by atoms with E-state index in [-0.39, 0.29) is 5.82 Å². The van der Waals surface area contributed by atoms with Crippen LogP contribution in [0.25, 0.3) is 6.08 Å². The third-order valence-corrected chi connectivity index (χ3v) is 3.58. The minimum atomic E-state index is -1.000. The average molecular weight is 428 g/mol. The van der Waals surface area contributed by atoms with Gasteiger partial charge in [-0.25, -0.2) is 14.2 Å². The highest BCUT2D eigenvalue weighted by molar-refractivity contribution is 14.1. The van der Waals surface area contributed by atoms with Gasteiger partial charge in [0.05, 0.1) is 10.1 Å². The summed E-state index contributed by atoms with van der Waals surface area (Å²) >= 11 is 2.12. The second-order valence-electron chi connectivity index (χ2n) is 4.50. The zero-order valence-electron chi connectivity index (χ0n) is 12.0. The van der Waals surface area contributed by atoms with Crippen LogP contribution in [0.3, 0.4) is 0 Å². The topological polar surface area (TPSA) is 71.5 Å². The number of aliphatic carboxylic acids is 1. The van der Waals surface area contributed by atoms with Gasteiger partial charge in [0, 0.05) is 12.3 Å². The lowest BCUT2D eigenvalue weighted by Gasteiger charge is -2.09. The normalized spacial score (nSPS) is 10.7. The maximum atomic E-state index is 12.8. The predicted octanol–water partition coefficient (Wildman–Crippen LogP) is 3.41. The number of hydrogen-bond acceptors (Lipinski definition) is 4. The molecular formula is C16H14FIN2O3. The van der Waals surface area contributed by atoms with Crippen LogP contribution >= 0.6 is 22.6 Å². The Morgan fingerprint density at radius 1 is 1.39 bits per heavy atom. The number of pyridine rings is 1. The molecule has 1 aromatic carbocycles. The molecule has 2 N–H and O–H groups in total. The predicted molar refractivity (Wildman–Crippen MR) is 94.0 cm³/mol. The number of hydrogen-bond donors (Lipinski definition) is 2. The molecule has 0 saturated heterocycles. The number of anilines is 1. The molecule has 2 rings (SSSR count). The lowest BCUT2D eigenvalue weighted by molar-refractivity contribution is -0.131. The monoisotopic (exact) mass is 428 g/mol. The van der Waals surface area contributed by atoms with E-state index in [1.165, 1.54) is 18.2 Å². The molecule has 0 radical (unpaired) electrons. The number of ether oxygens (including phenoxy) is 1. The maximum Gasteiger partial charge on any atom is 0.328 e. The van der Waals surface area contributed by atoms with Crippen LogP contribution in [0.5, 0.6) is 5.75 Å². The van der Waals surface area contributed by atoms with Crippen LogP contribution in [-0.4, -0.2) is 29.2 Å². The molecular weight excluding hydrogens is 414 g/mol. The van der Waals surface area contributed by atoms with E-state index < -0.39 is 5.97 Å². The van der Waals surface area contributed by atoms with Gasteiger partial charge < -0.3 is 15.2 Å². The number of carboxylic acids is 1. The fraction of sp³-hybridized carbons (Fsp3) is 0.125. The van der Waals surface area contributed by atoms with Crippen molar-refractivity contribution in [3.05, 3.63) is 57.6 Å². The number of nitrogens with one attached hydrogen (secondary N) is 1. The minimum Gasteiger partial charge on any atom is -0.492 e. The number of rotatable bonds is 7. The SMILES string of the molecule is O=C(O)/C=C/c1cnc(NCCOc2ccc(F)cc2)c(I)c1. The largest absolute Gasteiger partial charge is 0.492 e. The molecule has 23 heavy (non-hydrogen) atoms. The fourth-order valence-corrected chi connectivity index (χ4v) is 2.40. The summed E-state index contributed by atoms with van der Waals surface area (Å²) in [5.74, 6) is -0.00258. The summed E-state index contributed by atoms with van der Waals surface area (Å²) in [4.78, 5) is 14.7. The molecule has 120 valence electrons. The summed E-state index contributed by atoms with van der Waals surface area (Å²) < 4.78 is 19.1. The van der Waals surface area contributed by atoms with Crippen LogP contribution < -0.4 is 10.1 Å². The minimum absolute atomic E-state index is 0.300. The molecule has 0 aliphatic heterocycles. The Morgan fingerprint density at radius 3 is 2.78 bits per heavy atom. The van der Waals surface area contributed by atoms with E-state index in [0.717, 1.165) is 9.65 Å². The van der Waals surface area contributed by atoms with Gasteiger partial charge in [0.2, 0.25) is 0 Å². The molecule has 2 aromatic rings. The molecule has 0 amide bonds. The molecule has 0 fully saturated rings. The first-order valence-corrected chi connectivity index (χ1v) is 7.81. The number of nitrogens with zero attached hydrogens (tertiary/aromatic N) is 1. The highest BCUT2D eigenvalue weighted by Gasteiger charge is 2.02. The summed E-state index contributed by atoms with van der Waals surface area (Å²) in [6.45, 7) is 0.939. The van der Waals surface area contributed by atoms with Crippen molar-refractivity contribution in [2.75, 3.05) is 18.5 Å².